The third kappa shape index (κ3) is 2.85. The van der Waals surface area contributed by atoms with Gasteiger partial charge in [0.05, 0.1) is 10.1 Å². The summed E-state index contributed by atoms with van der Waals surface area (Å²) in [5.41, 5.74) is 0. The van der Waals surface area contributed by atoms with Gasteiger partial charge in [-0.05, 0) is 49.3 Å². The van der Waals surface area contributed by atoms with E-state index in [1.54, 1.807) is 52.1 Å². The van der Waals surface area contributed by atoms with Crippen molar-refractivity contribution >= 4 is 31.2 Å². The Bertz CT molecular complexity index is 939. The minimum atomic E-state index is -3.53. The molecule has 134 valence electrons. The van der Waals surface area contributed by atoms with Crippen LogP contribution in [0.5, 0.6) is 0 Å². The van der Waals surface area contributed by atoms with Gasteiger partial charge in [-0.2, -0.15) is 4.31 Å². The van der Waals surface area contributed by atoms with Crippen molar-refractivity contribution in [3.8, 4) is 0 Å². The second-order valence-corrected chi connectivity index (χ2v) is 11.8. The Labute approximate surface area is 152 Å². The van der Waals surface area contributed by atoms with Crippen molar-refractivity contribution in [1.82, 2.24) is 4.31 Å². The molecule has 3 heterocycles. The summed E-state index contributed by atoms with van der Waals surface area (Å²) in [5, 5.41) is 1.24. The van der Waals surface area contributed by atoms with Crippen molar-refractivity contribution in [2.45, 2.75) is 52.1 Å². The predicted molar refractivity (Wildman–Crippen MR) is 96.8 cm³/mol. The fourth-order valence-electron chi connectivity index (χ4n) is 4.05. The summed E-state index contributed by atoms with van der Waals surface area (Å²) in [4.78, 5) is 0.328. The van der Waals surface area contributed by atoms with Crippen molar-refractivity contribution in [2.75, 3.05) is 0 Å². The Kier molecular flexibility index (Phi) is 4.26. The highest BCUT2D eigenvalue weighted by atomic mass is 32.2. The van der Waals surface area contributed by atoms with Crippen LogP contribution in [0.3, 0.4) is 0 Å². The number of thiophene rings is 1. The van der Waals surface area contributed by atoms with Crippen LogP contribution in [-0.2, 0) is 19.9 Å². The molecular formula is C17H19NO4S3. The number of hydrogen-bond donors (Lipinski definition) is 0. The molecule has 0 aliphatic carbocycles. The molecule has 0 radical (unpaired) electrons. The highest BCUT2D eigenvalue weighted by Crippen LogP contribution is 2.43. The van der Waals surface area contributed by atoms with Crippen LogP contribution in [0, 0.1) is 0 Å². The van der Waals surface area contributed by atoms with Crippen molar-refractivity contribution in [3.05, 3.63) is 47.8 Å². The topological polar surface area (TPSA) is 71.5 Å². The van der Waals surface area contributed by atoms with Gasteiger partial charge in [0.15, 0.2) is 9.84 Å². The second kappa shape index (κ2) is 6.19. The molecule has 2 saturated heterocycles. The summed E-state index contributed by atoms with van der Waals surface area (Å²) in [6.45, 7) is 0. The van der Waals surface area contributed by atoms with Gasteiger partial charge >= 0.3 is 0 Å². The monoisotopic (exact) mass is 397 g/mol. The minimum Gasteiger partial charge on any atom is -0.223 e. The number of rotatable bonds is 4. The van der Waals surface area contributed by atoms with E-state index in [-0.39, 0.29) is 12.1 Å². The molecule has 2 bridgehead atoms. The van der Waals surface area contributed by atoms with Crippen LogP contribution in [0.1, 0.15) is 25.7 Å². The molecule has 0 amide bonds. The molecule has 2 aromatic rings. The molecule has 0 saturated carbocycles. The average Bonchev–Trinajstić information content (AvgIpc) is 3.23. The number of fused-ring (bicyclic) bond motifs is 2. The normalized spacial score (nSPS) is 27.4. The first-order valence-electron chi connectivity index (χ1n) is 8.26. The van der Waals surface area contributed by atoms with Crippen molar-refractivity contribution < 1.29 is 16.8 Å². The molecule has 0 unspecified atom stereocenters. The zero-order chi connectivity index (χ0) is 17.7. The predicted octanol–water partition coefficient (Wildman–Crippen LogP) is 2.91. The fourth-order valence-corrected chi connectivity index (χ4v) is 8.91. The molecule has 1 aromatic heterocycles. The minimum absolute atomic E-state index is 0.227. The van der Waals surface area contributed by atoms with Gasteiger partial charge in [-0.15, -0.1) is 11.3 Å². The van der Waals surface area contributed by atoms with E-state index in [1.165, 1.54) is 11.3 Å². The Balaban J connectivity index is 1.63. The SMILES string of the molecule is O=S(=O)(c1ccccc1)C1C[C@@H]2CC[C@@H](C1)N2S(=O)(=O)c1cccs1. The molecule has 0 spiro atoms. The van der Waals surface area contributed by atoms with Crippen molar-refractivity contribution in [2.24, 2.45) is 0 Å². The number of sulfonamides is 1. The zero-order valence-electron chi connectivity index (χ0n) is 13.5. The first-order valence-corrected chi connectivity index (χ1v) is 12.1. The third-order valence-corrected chi connectivity index (χ3v) is 10.7. The lowest BCUT2D eigenvalue weighted by Gasteiger charge is -2.37. The summed E-state index contributed by atoms with van der Waals surface area (Å²) in [6, 6.07) is 11.4. The van der Waals surface area contributed by atoms with Crippen LogP contribution in [0.25, 0.3) is 0 Å². The first kappa shape index (κ1) is 17.2. The van der Waals surface area contributed by atoms with Crippen LogP contribution in [-0.4, -0.2) is 38.5 Å². The smallest absolute Gasteiger partial charge is 0.223 e. The fraction of sp³-hybridized carbons (Fsp3) is 0.412. The van der Waals surface area contributed by atoms with Gasteiger partial charge in [0.25, 0.3) is 10.0 Å². The van der Waals surface area contributed by atoms with Crippen LogP contribution < -0.4 is 0 Å². The van der Waals surface area contributed by atoms with Crippen LogP contribution in [0.2, 0.25) is 0 Å². The lowest BCUT2D eigenvalue weighted by atomic mass is 10.1. The Morgan fingerprint density at radius 2 is 1.52 bits per heavy atom. The molecule has 2 aliphatic heterocycles. The lowest BCUT2D eigenvalue weighted by molar-refractivity contribution is 0.249. The van der Waals surface area contributed by atoms with Gasteiger partial charge in [-0.1, -0.05) is 24.3 Å². The summed E-state index contributed by atoms with van der Waals surface area (Å²) < 4.78 is 53.6. The maximum absolute atomic E-state index is 12.9. The molecule has 1 aromatic carbocycles. The molecular weight excluding hydrogens is 378 g/mol. The van der Waals surface area contributed by atoms with Gasteiger partial charge in [-0.25, -0.2) is 16.8 Å². The highest BCUT2D eigenvalue weighted by Gasteiger charge is 2.50. The summed E-state index contributed by atoms with van der Waals surface area (Å²) in [5.74, 6) is 0. The number of hydrogen-bond acceptors (Lipinski definition) is 5. The number of benzene rings is 1. The second-order valence-electron chi connectivity index (χ2n) is 6.60. The number of nitrogens with zero attached hydrogens (tertiary/aromatic N) is 1. The zero-order valence-corrected chi connectivity index (χ0v) is 15.9. The Morgan fingerprint density at radius 3 is 2.08 bits per heavy atom. The number of sulfone groups is 1. The quantitative estimate of drug-likeness (QED) is 0.795. The summed E-state index contributed by atoms with van der Waals surface area (Å²) in [7, 11) is -6.96. The molecule has 4 rings (SSSR count). The van der Waals surface area contributed by atoms with Crippen LogP contribution in [0.4, 0.5) is 0 Å². The van der Waals surface area contributed by atoms with E-state index >= 15 is 0 Å². The highest BCUT2D eigenvalue weighted by molar-refractivity contribution is 7.92. The van der Waals surface area contributed by atoms with Crippen molar-refractivity contribution in [1.29, 1.82) is 0 Å². The van der Waals surface area contributed by atoms with Gasteiger partial charge in [0.2, 0.25) is 0 Å². The maximum Gasteiger partial charge on any atom is 0.253 e. The van der Waals surface area contributed by atoms with Gasteiger partial charge in [-0.3, -0.25) is 0 Å². The van der Waals surface area contributed by atoms with Crippen LogP contribution >= 0.6 is 11.3 Å². The Morgan fingerprint density at radius 1 is 0.880 bits per heavy atom. The van der Waals surface area contributed by atoms with E-state index in [2.05, 4.69) is 0 Å². The first-order chi connectivity index (χ1) is 11.9. The molecule has 2 atom stereocenters. The molecule has 2 fully saturated rings. The molecule has 5 nitrogen and oxygen atoms in total. The molecule has 8 heteroatoms. The van der Waals surface area contributed by atoms with E-state index in [0.29, 0.717) is 21.9 Å². The van der Waals surface area contributed by atoms with E-state index in [4.69, 9.17) is 0 Å². The lowest BCUT2D eigenvalue weighted by Crippen LogP contribution is -2.49. The van der Waals surface area contributed by atoms with E-state index < -0.39 is 25.1 Å². The van der Waals surface area contributed by atoms with E-state index in [0.717, 1.165) is 12.8 Å². The summed E-state index contributed by atoms with van der Waals surface area (Å²) >= 11 is 1.21. The molecule has 2 aliphatic rings. The van der Waals surface area contributed by atoms with Crippen LogP contribution in [0.15, 0.2) is 56.9 Å². The van der Waals surface area contributed by atoms with Gasteiger partial charge in [0, 0.05) is 12.1 Å². The molecule has 0 N–H and O–H groups in total. The number of piperidine rings is 1. The van der Waals surface area contributed by atoms with E-state index in [9.17, 15) is 16.8 Å². The van der Waals surface area contributed by atoms with Gasteiger partial charge in [0.1, 0.15) is 4.21 Å². The third-order valence-electron chi connectivity index (χ3n) is 5.16. The average molecular weight is 398 g/mol. The van der Waals surface area contributed by atoms with Gasteiger partial charge < -0.3 is 0 Å². The summed E-state index contributed by atoms with van der Waals surface area (Å²) in [6.07, 6.45) is 2.21. The standard InChI is InChI=1S/C17H19NO4S3/c19-24(20,15-5-2-1-3-6-15)16-11-13-8-9-14(12-16)18(13)25(21,22)17-7-4-10-23-17/h1-7,10,13-14,16H,8-9,11-12H2/t13-,14-/m0/s1. The van der Waals surface area contributed by atoms with E-state index in [1.807, 2.05) is 0 Å². The largest absolute Gasteiger partial charge is 0.253 e. The Hall–Kier alpha value is -1.22. The van der Waals surface area contributed by atoms with Crippen molar-refractivity contribution in [3.63, 3.8) is 0 Å². The maximum atomic E-state index is 12.9. The molecule has 25 heavy (non-hydrogen) atoms.